The lowest BCUT2D eigenvalue weighted by atomic mass is 9.97. The van der Waals surface area contributed by atoms with E-state index in [1.807, 2.05) is 0 Å². The van der Waals surface area contributed by atoms with Gasteiger partial charge in [-0.15, -0.1) is 23.7 Å². The van der Waals surface area contributed by atoms with Crippen molar-refractivity contribution in [1.82, 2.24) is 15.2 Å². The van der Waals surface area contributed by atoms with Crippen molar-refractivity contribution in [3.8, 4) is 0 Å². The predicted molar refractivity (Wildman–Crippen MR) is 80.6 cm³/mol. The van der Waals surface area contributed by atoms with E-state index in [0.717, 1.165) is 19.0 Å². The third kappa shape index (κ3) is 4.84. The summed E-state index contributed by atoms with van der Waals surface area (Å²) in [7, 11) is 0. The number of hydrogen-bond donors (Lipinski definition) is 1. The first-order chi connectivity index (χ1) is 8.28. The molecule has 0 aromatic carbocycles. The summed E-state index contributed by atoms with van der Waals surface area (Å²) in [5.74, 6) is 0.878. The van der Waals surface area contributed by atoms with Gasteiger partial charge in [-0.25, -0.2) is 4.98 Å². The molecule has 104 valence electrons. The average Bonchev–Trinajstić information content (AvgIpc) is 2.74. The summed E-state index contributed by atoms with van der Waals surface area (Å²) in [6, 6.07) is 0. The number of piperidine rings is 1. The van der Waals surface area contributed by atoms with E-state index >= 15 is 0 Å². The Kier molecular flexibility index (Phi) is 7.15. The van der Waals surface area contributed by atoms with E-state index in [1.165, 1.54) is 43.2 Å². The number of aromatic nitrogens is 1. The van der Waals surface area contributed by atoms with Crippen LogP contribution in [0.25, 0.3) is 0 Å². The fourth-order valence-corrected chi connectivity index (χ4v) is 3.01. The highest BCUT2D eigenvalue weighted by Gasteiger charge is 2.19. The van der Waals surface area contributed by atoms with Crippen molar-refractivity contribution in [2.75, 3.05) is 26.2 Å². The van der Waals surface area contributed by atoms with Crippen LogP contribution in [0, 0.1) is 12.8 Å². The third-order valence-electron chi connectivity index (χ3n) is 3.44. The fraction of sp³-hybridized carbons (Fsp3) is 0.769. The highest BCUT2D eigenvalue weighted by Crippen LogP contribution is 2.19. The highest BCUT2D eigenvalue weighted by atomic mass is 35.5. The molecule has 0 atom stereocenters. The molecule has 2 rings (SSSR count). The van der Waals surface area contributed by atoms with Gasteiger partial charge in [-0.3, -0.25) is 4.90 Å². The number of likely N-dealkylation sites (tertiary alicyclic amines) is 1. The van der Waals surface area contributed by atoms with Crippen molar-refractivity contribution in [3.05, 3.63) is 16.1 Å². The van der Waals surface area contributed by atoms with E-state index in [1.54, 1.807) is 11.3 Å². The van der Waals surface area contributed by atoms with Gasteiger partial charge in [0.25, 0.3) is 0 Å². The van der Waals surface area contributed by atoms with Crippen LogP contribution in [0.2, 0.25) is 0 Å². The van der Waals surface area contributed by atoms with Crippen molar-refractivity contribution in [1.29, 1.82) is 0 Å². The van der Waals surface area contributed by atoms with Crippen molar-refractivity contribution < 1.29 is 0 Å². The summed E-state index contributed by atoms with van der Waals surface area (Å²) in [4.78, 5) is 7.08. The minimum atomic E-state index is 0. The Morgan fingerprint density at radius 3 is 2.72 bits per heavy atom. The molecule has 1 fully saturated rings. The lowest BCUT2D eigenvalue weighted by Crippen LogP contribution is -2.36. The SMILES string of the molecule is CCNCC1CCN(Cc2csc(C)n2)CC1.Cl. The fourth-order valence-electron chi connectivity index (χ4n) is 2.41. The maximum Gasteiger partial charge on any atom is 0.0897 e. The van der Waals surface area contributed by atoms with Gasteiger partial charge in [0.15, 0.2) is 0 Å². The Balaban J connectivity index is 0.00000162. The number of halogens is 1. The van der Waals surface area contributed by atoms with Gasteiger partial charge in [0.1, 0.15) is 0 Å². The third-order valence-corrected chi connectivity index (χ3v) is 4.26. The second-order valence-corrected chi connectivity index (χ2v) is 5.95. The average molecular weight is 290 g/mol. The minimum absolute atomic E-state index is 0. The molecule has 1 aromatic heterocycles. The number of thiazole rings is 1. The molecule has 1 aliphatic rings. The van der Waals surface area contributed by atoms with E-state index < -0.39 is 0 Å². The molecule has 1 aliphatic heterocycles. The summed E-state index contributed by atoms with van der Waals surface area (Å²) < 4.78 is 0. The molecule has 0 aliphatic carbocycles. The molecular formula is C13H24ClN3S. The molecule has 1 N–H and O–H groups in total. The van der Waals surface area contributed by atoms with Gasteiger partial charge >= 0.3 is 0 Å². The summed E-state index contributed by atoms with van der Waals surface area (Å²) in [5.41, 5.74) is 1.25. The van der Waals surface area contributed by atoms with Gasteiger partial charge in [-0.05, 0) is 51.9 Å². The number of rotatable bonds is 5. The molecule has 1 saturated heterocycles. The standard InChI is InChI=1S/C13H23N3S.ClH/c1-3-14-8-12-4-6-16(7-5-12)9-13-10-17-11(2)15-13;/h10,12,14H,3-9H2,1-2H3;1H. The Morgan fingerprint density at radius 1 is 1.44 bits per heavy atom. The summed E-state index contributed by atoms with van der Waals surface area (Å²) in [5, 5.41) is 6.83. The zero-order valence-corrected chi connectivity index (χ0v) is 12.9. The normalized spacial score (nSPS) is 17.7. The Labute approximate surface area is 120 Å². The number of nitrogens with zero attached hydrogens (tertiary/aromatic N) is 2. The molecule has 0 saturated carbocycles. The quantitative estimate of drug-likeness (QED) is 0.903. The zero-order chi connectivity index (χ0) is 12.1. The van der Waals surface area contributed by atoms with E-state index in [0.29, 0.717) is 0 Å². The molecule has 0 amide bonds. The monoisotopic (exact) mass is 289 g/mol. The van der Waals surface area contributed by atoms with Crippen molar-refractivity contribution in [3.63, 3.8) is 0 Å². The molecule has 0 bridgehead atoms. The van der Waals surface area contributed by atoms with Gasteiger partial charge in [0.05, 0.1) is 10.7 Å². The molecule has 0 radical (unpaired) electrons. The highest BCUT2D eigenvalue weighted by molar-refractivity contribution is 7.09. The summed E-state index contributed by atoms with van der Waals surface area (Å²) >= 11 is 1.76. The van der Waals surface area contributed by atoms with Crippen LogP contribution in [0.3, 0.4) is 0 Å². The molecule has 1 aromatic rings. The van der Waals surface area contributed by atoms with Crippen LogP contribution in [0.15, 0.2) is 5.38 Å². The molecular weight excluding hydrogens is 266 g/mol. The largest absolute Gasteiger partial charge is 0.317 e. The molecule has 3 nitrogen and oxygen atoms in total. The molecule has 0 unspecified atom stereocenters. The summed E-state index contributed by atoms with van der Waals surface area (Å²) in [6.07, 6.45) is 2.66. The number of aryl methyl sites for hydroxylation is 1. The maximum atomic E-state index is 4.54. The topological polar surface area (TPSA) is 28.2 Å². The van der Waals surface area contributed by atoms with E-state index in [2.05, 4.69) is 34.4 Å². The first-order valence-corrected chi connectivity index (χ1v) is 7.50. The van der Waals surface area contributed by atoms with Crippen LogP contribution >= 0.6 is 23.7 Å². The van der Waals surface area contributed by atoms with Crippen molar-refractivity contribution >= 4 is 23.7 Å². The van der Waals surface area contributed by atoms with Crippen LogP contribution in [0.1, 0.15) is 30.5 Å². The van der Waals surface area contributed by atoms with Gasteiger partial charge in [-0.2, -0.15) is 0 Å². The lowest BCUT2D eigenvalue weighted by molar-refractivity contribution is 0.174. The van der Waals surface area contributed by atoms with Gasteiger partial charge in [0.2, 0.25) is 0 Å². The number of nitrogens with one attached hydrogen (secondary N) is 1. The number of hydrogen-bond acceptors (Lipinski definition) is 4. The van der Waals surface area contributed by atoms with Gasteiger partial charge in [0, 0.05) is 11.9 Å². The Hall–Kier alpha value is -0.160. The van der Waals surface area contributed by atoms with Crippen molar-refractivity contribution in [2.24, 2.45) is 5.92 Å². The van der Waals surface area contributed by atoms with E-state index in [9.17, 15) is 0 Å². The van der Waals surface area contributed by atoms with Crippen LogP contribution < -0.4 is 5.32 Å². The second-order valence-electron chi connectivity index (χ2n) is 4.89. The smallest absolute Gasteiger partial charge is 0.0897 e. The minimum Gasteiger partial charge on any atom is -0.317 e. The zero-order valence-electron chi connectivity index (χ0n) is 11.3. The molecule has 5 heteroatoms. The Bertz CT molecular complexity index is 335. The van der Waals surface area contributed by atoms with Crippen molar-refractivity contribution in [2.45, 2.75) is 33.2 Å². The van der Waals surface area contributed by atoms with Gasteiger partial charge in [-0.1, -0.05) is 6.92 Å². The first-order valence-electron chi connectivity index (χ1n) is 6.62. The predicted octanol–water partition coefficient (Wildman–Crippen LogP) is 2.69. The Morgan fingerprint density at radius 2 is 2.17 bits per heavy atom. The molecule has 2 heterocycles. The second kappa shape index (κ2) is 8.10. The first kappa shape index (κ1) is 15.9. The van der Waals surface area contributed by atoms with Crippen LogP contribution in [0.4, 0.5) is 0 Å². The van der Waals surface area contributed by atoms with Crippen LogP contribution in [-0.4, -0.2) is 36.1 Å². The molecule has 0 spiro atoms. The van der Waals surface area contributed by atoms with Crippen LogP contribution in [0.5, 0.6) is 0 Å². The lowest BCUT2D eigenvalue weighted by Gasteiger charge is -2.31. The van der Waals surface area contributed by atoms with Crippen LogP contribution in [-0.2, 0) is 6.54 Å². The summed E-state index contributed by atoms with van der Waals surface area (Å²) in [6.45, 7) is 10.0. The van der Waals surface area contributed by atoms with E-state index in [-0.39, 0.29) is 12.4 Å². The maximum absolute atomic E-state index is 4.54. The molecule has 18 heavy (non-hydrogen) atoms. The van der Waals surface area contributed by atoms with E-state index in [4.69, 9.17) is 0 Å². The van der Waals surface area contributed by atoms with Gasteiger partial charge < -0.3 is 5.32 Å².